The van der Waals surface area contributed by atoms with Gasteiger partial charge in [-0.1, -0.05) is 12.1 Å². The molecule has 0 amide bonds. The van der Waals surface area contributed by atoms with Crippen LogP contribution in [0, 0.1) is 0 Å². The van der Waals surface area contributed by atoms with Crippen molar-refractivity contribution in [3.05, 3.63) is 59.2 Å². The van der Waals surface area contributed by atoms with Crippen LogP contribution in [0.4, 0.5) is 5.69 Å². The van der Waals surface area contributed by atoms with Gasteiger partial charge in [0, 0.05) is 17.6 Å². The summed E-state index contributed by atoms with van der Waals surface area (Å²) in [5.41, 5.74) is 9.08. The van der Waals surface area contributed by atoms with Crippen molar-refractivity contribution in [1.82, 2.24) is 25.6 Å². The maximum Gasteiger partial charge on any atom is 0.269 e. The van der Waals surface area contributed by atoms with E-state index < -0.39 is 11.6 Å². The smallest absolute Gasteiger partial charge is 0.269 e. The van der Waals surface area contributed by atoms with E-state index in [0.717, 1.165) is 11.1 Å². The van der Waals surface area contributed by atoms with Gasteiger partial charge in [0.2, 0.25) is 11.6 Å². The number of nitrogen functional groups attached to an aromatic ring is 1. The Hall–Kier alpha value is -3.29. The SMILES string of the molecule is Nc1ccc(Cc2cc[nH]c2CC(=O)C(=O)c2nn[nH]n2)cc1. The number of nitrogens with one attached hydrogen (secondary N) is 2. The van der Waals surface area contributed by atoms with Crippen LogP contribution in [0.25, 0.3) is 0 Å². The summed E-state index contributed by atoms with van der Waals surface area (Å²) in [7, 11) is 0. The van der Waals surface area contributed by atoms with E-state index in [0.29, 0.717) is 17.8 Å². The molecule has 0 bridgehead atoms. The molecule has 8 heteroatoms. The average Bonchev–Trinajstić information content (AvgIpc) is 3.21. The summed E-state index contributed by atoms with van der Waals surface area (Å²) in [4.78, 5) is 26.9. The van der Waals surface area contributed by atoms with E-state index in [2.05, 4.69) is 25.6 Å². The highest BCUT2D eigenvalue weighted by atomic mass is 16.2. The van der Waals surface area contributed by atoms with Crippen molar-refractivity contribution in [2.75, 3.05) is 5.73 Å². The molecule has 0 saturated carbocycles. The van der Waals surface area contributed by atoms with Gasteiger partial charge in [0.05, 0.1) is 6.42 Å². The van der Waals surface area contributed by atoms with Crippen molar-refractivity contribution in [2.45, 2.75) is 12.8 Å². The number of benzene rings is 1. The molecule has 0 unspecified atom stereocenters. The number of Topliss-reactive ketones (excluding diaryl/α,β-unsaturated/α-hetero) is 2. The number of tetrazole rings is 1. The van der Waals surface area contributed by atoms with Crippen LogP contribution in [-0.4, -0.2) is 37.2 Å². The van der Waals surface area contributed by atoms with Crippen molar-refractivity contribution < 1.29 is 9.59 Å². The van der Waals surface area contributed by atoms with E-state index in [1.54, 1.807) is 6.20 Å². The first-order valence-electron chi connectivity index (χ1n) is 6.94. The van der Waals surface area contributed by atoms with Crippen molar-refractivity contribution in [2.24, 2.45) is 0 Å². The monoisotopic (exact) mass is 310 g/mol. The summed E-state index contributed by atoms with van der Waals surface area (Å²) in [5.74, 6) is -1.57. The molecule has 3 aromatic rings. The van der Waals surface area contributed by atoms with Crippen LogP contribution >= 0.6 is 0 Å². The molecule has 0 saturated heterocycles. The summed E-state index contributed by atoms with van der Waals surface area (Å²) in [6.07, 6.45) is 2.35. The first kappa shape index (κ1) is 14.6. The van der Waals surface area contributed by atoms with Crippen LogP contribution in [0.2, 0.25) is 0 Å². The molecule has 2 heterocycles. The summed E-state index contributed by atoms with van der Waals surface area (Å²) < 4.78 is 0. The number of hydrogen-bond acceptors (Lipinski definition) is 6. The average molecular weight is 310 g/mol. The van der Waals surface area contributed by atoms with Gasteiger partial charge in [-0.25, -0.2) is 0 Å². The fraction of sp³-hybridized carbons (Fsp3) is 0.133. The van der Waals surface area contributed by atoms with Crippen molar-refractivity contribution in [3.63, 3.8) is 0 Å². The number of anilines is 1. The predicted octanol–water partition coefficient (Wildman–Crippen LogP) is 0.695. The normalized spacial score (nSPS) is 10.6. The standard InChI is InChI=1S/C15H14N6O2/c16-11-3-1-9(2-4-11)7-10-5-6-17-12(10)8-13(22)14(23)15-18-20-21-19-15/h1-6,17H,7-8,16H2,(H,18,19,20,21). The van der Waals surface area contributed by atoms with Crippen LogP contribution in [-0.2, 0) is 17.6 Å². The first-order chi connectivity index (χ1) is 11.1. The van der Waals surface area contributed by atoms with E-state index in [-0.39, 0.29) is 12.2 Å². The van der Waals surface area contributed by atoms with E-state index in [1.807, 2.05) is 30.3 Å². The third kappa shape index (κ3) is 3.31. The molecule has 0 aliphatic rings. The van der Waals surface area contributed by atoms with Gasteiger partial charge in [-0.3, -0.25) is 9.59 Å². The lowest BCUT2D eigenvalue weighted by Gasteiger charge is -2.04. The number of rotatable bonds is 6. The number of carbonyl (C=O) groups is 2. The van der Waals surface area contributed by atoms with Gasteiger partial charge in [-0.05, 0) is 41.0 Å². The number of aromatic nitrogens is 5. The van der Waals surface area contributed by atoms with Gasteiger partial charge >= 0.3 is 0 Å². The molecule has 2 aromatic heterocycles. The van der Waals surface area contributed by atoms with Crippen LogP contribution in [0.3, 0.4) is 0 Å². The fourth-order valence-corrected chi connectivity index (χ4v) is 2.25. The number of H-pyrrole nitrogens is 2. The number of ketones is 2. The Kier molecular flexibility index (Phi) is 3.96. The van der Waals surface area contributed by atoms with Gasteiger partial charge in [0.1, 0.15) is 0 Å². The molecule has 0 aliphatic heterocycles. The zero-order valence-corrected chi connectivity index (χ0v) is 12.1. The lowest BCUT2D eigenvalue weighted by molar-refractivity contribution is -0.114. The molecular formula is C15H14N6O2. The second-order valence-electron chi connectivity index (χ2n) is 5.06. The molecule has 8 nitrogen and oxygen atoms in total. The quantitative estimate of drug-likeness (QED) is 0.349. The number of nitrogens with two attached hydrogens (primary N) is 1. The number of aromatic amines is 2. The predicted molar refractivity (Wildman–Crippen MR) is 81.7 cm³/mol. The van der Waals surface area contributed by atoms with Gasteiger partial charge in [0.15, 0.2) is 0 Å². The highest BCUT2D eigenvalue weighted by Gasteiger charge is 2.22. The Balaban J connectivity index is 1.72. The minimum Gasteiger partial charge on any atom is -0.399 e. The Morgan fingerprint density at radius 3 is 2.61 bits per heavy atom. The molecule has 3 rings (SSSR count). The summed E-state index contributed by atoms with van der Waals surface area (Å²) in [5, 5.41) is 12.5. The van der Waals surface area contributed by atoms with Crippen LogP contribution < -0.4 is 5.73 Å². The molecular weight excluding hydrogens is 296 g/mol. The third-order valence-corrected chi connectivity index (χ3v) is 3.44. The minimum atomic E-state index is -0.758. The number of nitrogens with zero attached hydrogens (tertiary/aromatic N) is 3. The molecule has 0 radical (unpaired) electrons. The molecule has 23 heavy (non-hydrogen) atoms. The van der Waals surface area contributed by atoms with Gasteiger partial charge in [-0.15, -0.1) is 10.2 Å². The third-order valence-electron chi connectivity index (χ3n) is 3.44. The topological polar surface area (TPSA) is 130 Å². The zero-order chi connectivity index (χ0) is 16.2. The zero-order valence-electron chi connectivity index (χ0n) is 12.1. The Bertz CT molecular complexity index is 820. The highest BCUT2D eigenvalue weighted by molar-refractivity contribution is 6.43. The summed E-state index contributed by atoms with van der Waals surface area (Å²) >= 11 is 0. The van der Waals surface area contributed by atoms with E-state index in [1.165, 1.54) is 0 Å². The summed E-state index contributed by atoms with van der Waals surface area (Å²) in [6, 6.07) is 9.40. The van der Waals surface area contributed by atoms with E-state index in [4.69, 9.17) is 5.73 Å². The lowest BCUT2D eigenvalue weighted by Crippen LogP contribution is -2.19. The summed E-state index contributed by atoms with van der Waals surface area (Å²) in [6.45, 7) is 0. The van der Waals surface area contributed by atoms with E-state index >= 15 is 0 Å². The van der Waals surface area contributed by atoms with Crippen LogP contribution in [0.5, 0.6) is 0 Å². The maximum absolute atomic E-state index is 12.1. The second-order valence-corrected chi connectivity index (χ2v) is 5.06. The Morgan fingerprint density at radius 1 is 1.13 bits per heavy atom. The molecule has 1 aromatic carbocycles. The minimum absolute atomic E-state index is 0.0370. The van der Waals surface area contributed by atoms with Crippen molar-refractivity contribution >= 4 is 17.3 Å². The molecule has 0 spiro atoms. The highest BCUT2D eigenvalue weighted by Crippen LogP contribution is 2.16. The molecule has 0 atom stereocenters. The number of hydrogen-bond donors (Lipinski definition) is 3. The van der Waals surface area contributed by atoms with Crippen LogP contribution in [0.15, 0.2) is 36.5 Å². The molecule has 116 valence electrons. The van der Waals surface area contributed by atoms with Crippen molar-refractivity contribution in [1.29, 1.82) is 0 Å². The van der Waals surface area contributed by atoms with E-state index in [9.17, 15) is 9.59 Å². The van der Waals surface area contributed by atoms with Gasteiger partial charge < -0.3 is 10.7 Å². The molecule has 0 fully saturated rings. The molecule has 4 N–H and O–H groups in total. The van der Waals surface area contributed by atoms with Gasteiger partial charge in [-0.2, -0.15) is 5.21 Å². The van der Waals surface area contributed by atoms with Gasteiger partial charge in [0.25, 0.3) is 5.78 Å². The fourth-order valence-electron chi connectivity index (χ4n) is 2.25. The Labute approximate surface area is 131 Å². The maximum atomic E-state index is 12.1. The first-order valence-corrected chi connectivity index (χ1v) is 6.94. The second kappa shape index (κ2) is 6.22. The lowest BCUT2D eigenvalue weighted by atomic mass is 10.0. The van der Waals surface area contributed by atoms with Crippen molar-refractivity contribution in [3.8, 4) is 0 Å². The number of carbonyl (C=O) groups excluding carboxylic acids is 2. The molecule has 0 aliphatic carbocycles. The Morgan fingerprint density at radius 2 is 1.91 bits per heavy atom. The van der Waals surface area contributed by atoms with Crippen LogP contribution in [0.1, 0.15) is 27.4 Å². The largest absolute Gasteiger partial charge is 0.399 e.